The molecule has 0 unspecified atom stereocenters. The highest BCUT2D eigenvalue weighted by molar-refractivity contribution is 6.00. The summed E-state index contributed by atoms with van der Waals surface area (Å²) in [7, 11) is 0. The van der Waals surface area contributed by atoms with Gasteiger partial charge in [-0.2, -0.15) is 5.10 Å². The molecule has 0 heterocycles. The molecular formula is C14H21N3O. The van der Waals surface area contributed by atoms with Gasteiger partial charge in [0.15, 0.2) is 0 Å². The molecule has 0 radical (unpaired) electrons. The Bertz CT molecular complexity index is 387. The quantitative estimate of drug-likeness (QED) is 0.434. The Balaban J connectivity index is 2.64. The van der Waals surface area contributed by atoms with Gasteiger partial charge in [0.2, 0.25) is 0 Å². The Morgan fingerprint density at radius 3 is 2.56 bits per heavy atom. The largest absolute Gasteiger partial charge is 0.350 e. The first-order valence-corrected chi connectivity index (χ1v) is 6.41. The second-order valence-electron chi connectivity index (χ2n) is 4.21. The van der Waals surface area contributed by atoms with Gasteiger partial charge in [-0.1, -0.05) is 56.5 Å². The number of carbonyl (C=O) groups is 1. The van der Waals surface area contributed by atoms with Crippen molar-refractivity contribution in [2.45, 2.75) is 39.0 Å². The van der Waals surface area contributed by atoms with Crippen LogP contribution in [-0.2, 0) is 0 Å². The van der Waals surface area contributed by atoms with Crippen molar-refractivity contribution in [2.75, 3.05) is 0 Å². The van der Waals surface area contributed by atoms with Crippen molar-refractivity contribution in [1.29, 1.82) is 0 Å². The first-order valence-electron chi connectivity index (χ1n) is 6.41. The summed E-state index contributed by atoms with van der Waals surface area (Å²) >= 11 is 0. The van der Waals surface area contributed by atoms with Crippen LogP contribution >= 0.6 is 0 Å². The number of nitrogens with zero attached hydrogens (tertiary/aromatic N) is 1. The summed E-state index contributed by atoms with van der Waals surface area (Å²) in [6.07, 6.45) is 5.54. The minimum atomic E-state index is -0.628. The number of hydrogen-bond acceptors (Lipinski definition) is 2. The van der Waals surface area contributed by atoms with Crippen LogP contribution in [0.4, 0.5) is 4.79 Å². The molecule has 0 saturated carbocycles. The molecule has 4 heteroatoms. The maximum absolute atomic E-state index is 10.7. The SMILES string of the molecule is CCCCCC/C(=N/NC(N)=O)c1ccccc1. The summed E-state index contributed by atoms with van der Waals surface area (Å²) in [5, 5.41) is 4.08. The second kappa shape index (κ2) is 8.28. The van der Waals surface area contributed by atoms with Crippen molar-refractivity contribution < 1.29 is 4.79 Å². The van der Waals surface area contributed by atoms with E-state index >= 15 is 0 Å². The molecule has 0 saturated heterocycles. The highest BCUT2D eigenvalue weighted by atomic mass is 16.2. The fourth-order valence-electron chi connectivity index (χ4n) is 1.74. The van der Waals surface area contributed by atoms with Crippen molar-refractivity contribution in [1.82, 2.24) is 5.43 Å². The second-order valence-corrected chi connectivity index (χ2v) is 4.21. The first kappa shape index (κ1) is 14.2. The molecule has 1 rings (SSSR count). The summed E-state index contributed by atoms with van der Waals surface area (Å²) in [4.78, 5) is 10.7. The standard InChI is InChI=1S/C14H21N3O/c1-2-3-4-8-11-13(16-17-14(15)18)12-9-6-5-7-10-12/h5-7,9-10H,2-4,8,11H2,1H3,(H3,15,17,18)/b16-13-. The van der Waals surface area contributed by atoms with Crippen LogP contribution in [0, 0.1) is 0 Å². The van der Waals surface area contributed by atoms with Crippen LogP contribution in [0.5, 0.6) is 0 Å². The van der Waals surface area contributed by atoms with E-state index < -0.39 is 6.03 Å². The number of hydrogen-bond donors (Lipinski definition) is 2. The average Bonchev–Trinajstić information content (AvgIpc) is 2.38. The summed E-state index contributed by atoms with van der Waals surface area (Å²) < 4.78 is 0. The molecule has 3 N–H and O–H groups in total. The van der Waals surface area contributed by atoms with Crippen molar-refractivity contribution >= 4 is 11.7 Å². The molecule has 0 aliphatic carbocycles. The lowest BCUT2D eigenvalue weighted by atomic mass is 10.0. The number of primary amides is 1. The number of nitrogens with two attached hydrogens (primary N) is 1. The van der Waals surface area contributed by atoms with E-state index in [4.69, 9.17) is 5.73 Å². The molecule has 4 nitrogen and oxygen atoms in total. The van der Waals surface area contributed by atoms with Crippen LogP contribution in [0.1, 0.15) is 44.6 Å². The average molecular weight is 247 g/mol. The van der Waals surface area contributed by atoms with Gasteiger partial charge in [0, 0.05) is 0 Å². The molecule has 0 aliphatic heterocycles. The third kappa shape index (κ3) is 5.48. The Morgan fingerprint density at radius 2 is 1.94 bits per heavy atom. The zero-order valence-corrected chi connectivity index (χ0v) is 10.9. The molecule has 2 amide bonds. The highest BCUT2D eigenvalue weighted by Gasteiger charge is 2.03. The van der Waals surface area contributed by atoms with E-state index in [1.165, 1.54) is 19.3 Å². The van der Waals surface area contributed by atoms with Crippen molar-refractivity contribution in [3.63, 3.8) is 0 Å². The van der Waals surface area contributed by atoms with Crippen LogP contribution < -0.4 is 11.2 Å². The lowest BCUT2D eigenvalue weighted by Crippen LogP contribution is -2.26. The lowest BCUT2D eigenvalue weighted by molar-refractivity contribution is 0.249. The number of carbonyl (C=O) groups excluding carboxylic acids is 1. The molecule has 18 heavy (non-hydrogen) atoms. The van der Waals surface area contributed by atoms with Crippen LogP contribution in [-0.4, -0.2) is 11.7 Å². The van der Waals surface area contributed by atoms with Crippen molar-refractivity contribution in [2.24, 2.45) is 10.8 Å². The van der Waals surface area contributed by atoms with E-state index in [0.29, 0.717) is 0 Å². The van der Waals surface area contributed by atoms with Gasteiger partial charge in [-0.25, -0.2) is 10.2 Å². The summed E-state index contributed by atoms with van der Waals surface area (Å²) in [5.41, 5.74) is 9.26. The number of amides is 2. The third-order valence-corrected chi connectivity index (χ3v) is 2.68. The molecule has 0 aliphatic rings. The maximum atomic E-state index is 10.7. The Hall–Kier alpha value is -1.84. The van der Waals surface area contributed by atoms with E-state index in [-0.39, 0.29) is 0 Å². The topological polar surface area (TPSA) is 67.5 Å². The van der Waals surface area contributed by atoms with Crippen LogP contribution in [0.2, 0.25) is 0 Å². The Kier molecular flexibility index (Phi) is 6.54. The van der Waals surface area contributed by atoms with E-state index in [0.717, 1.165) is 24.1 Å². The minimum Gasteiger partial charge on any atom is -0.350 e. The number of nitrogens with one attached hydrogen (secondary N) is 1. The predicted molar refractivity (Wildman–Crippen MR) is 74.5 cm³/mol. The highest BCUT2D eigenvalue weighted by Crippen LogP contribution is 2.09. The van der Waals surface area contributed by atoms with Crippen LogP contribution in [0.25, 0.3) is 0 Å². The zero-order valence-electron chi connectivity index (χ0n) is 10.9. The van der Waals surface area contributed by atoms with E-state index in [2.05, 4.69) is 17.5 Å². The molecule has 0 bridgehead atoms. The van der Waals surface area contributed by atoms with E-state index in [1.807, 2.05) is 30.3 Å². The molecule has 0 atom stereocenters. The predicted octanol–water partition coefficient (Wildman–Crippen LogP) is 3.03. The van der Waals surface area contributed by atoms with Crippen molar-refractivity contribution in [3.05, 3.63) is 35.9 Å². The van der Waals surface area contributed by atoms with E-state index in [9.17, 15) is 4.79 Å². The third-order valence-electron chi connectivity index (χ3n) is 2.68. The smallest absolute Gasteiger partial charge is 0.332 e. The lowest BCUT2D eigenvalue weighted by Gasteiger charge is -2.06. The van der Waals surface area contributed by atoms with Crippen LogP contribution in [0.15, 0.2) is 35.4 Å². The van der Waals surface area contributed by atoms with Gasteiger partial charge in [-0.15, -0.1) is 0 Å². The first-order chi connectivity index (χ1) is 8.74. The van der Waals surface area contributed by atoms with E-state index in [1.54, 1.807) is 0 Å². The maximum Gasteiger partial charge on any atom is 0.332 e. The van der Waals surface area contributed by atoms with Gasteiger partial charge in [0.25, 0.3) is 0 Å². The van der Waals surface area contributed by atoms with Gasteiger partial charge in [0.05, 0.1) is 5.71 Å². The number of rotatable bonds is 7. The summed E-state index contributed by atoms with van der Waals surface area (Å²) in [5.74, 6) is 0. The van der Waals surface area contributed by atoms with Gasteiger partial charge in [-0.3, -0.25) is 0 Å². The molecule has 1 aromatic rings. The van der Waals surface area contributed by atoms with Crippen LogP contribution in [0.3, 0.4) is 0 Å². The van der Waals surface area contributed by atoms with Gasteiger partial charge in [0.1, 0.15) is 0 Å². The molecule has 0 fully saturated rings. The van der Waals surface area contributed by atoms with Gasteiger partial charge < -0.3 is 5.73 Å². The molecular weight excluding hydrogens is 226 g/mol. The molecule has 0 aromatic heterocycles. The van der Waals surface area contributed by atoms with Gasteiger partial charge in [-0.05, 0) is 18.4 Å². The zero-order chi connectivity index (χ0) is 13.2. The number of benzene rings is 1. The van der Waals surface area contributed by atoms with Gasteiger partial charge >= 0.3 is 6.03 Å². The molecule has 0 spiro atoms. The normalized spacial score (nSPS) is 11.3. The summed E-state index contributed by atoms with van der Waals surface area (Å²) in [6, 6.07) is 9.22. The fraction of sp³-hybridized carbons (Fsp3) is 0.429. The Labute approximate surface area is 108 Å². The molecule has 1 aromatic carbocycles. The molecule has 98 valence electrons. The monoisotopic (exact) mass is 247 g/mol. The number of hydrazone groups is 1. The Morgan fingerprint density at radius 1 is 1.22 bits per heavy atom. The number of unbranched alkanes of at least 4 members (excludes halogenated alkanes) is 3. The van der Waals surface area contributed by atoms with Crippen molar-refractivity contribution in [3.8, 4) is 0 Å². The summed E-state index contributed by atoms with van der Waals surface area (Å²) in [6.45, 7) is 2.18. The minimum absolute atomic E-state index is 0.628. The number of urea groups is 1. The fourth-order valence-corrected chi connectivity index (χ4v) is 1.74.